The van der Waals surface area contributed by atoms with E-state index in [2.05, 4.69) is 19.6 Å². The van der Waals surface area contributed by atoms with Crippen molar-refractivity contribution in [2.24, 2.45) is 0 Å². The molecule has 20 heavy (non-hydrogen) atoms. The predicted molar refractivity (Wildman–Crippen MR) is 69.7 cm³/mol. The van der Waals surface area contributed by atoms with E-state index in [0.29, 0.717) is 13.1 Å². The average molecular weight is 277 g/mol. The van der Waals surface area contributed by atoms with Gasteiger partial charge in [0.15, 0.2) is 5.82 Å². The number of nitrogens with zero attached hydrogens (tertiary/aromatic N) is 5. The zero-order valence-corrected chi connectivity index (χ0v) is 11.3. The molecular formula is C12H15N5O3. The fourth-order valence-electron chi connectivity index (χ4n) is 1.79. The normalized spacial score (nSPS) is 10.5. The van der Waals surface area contributed by atoms with E-state index in [1.54, 1.807) is 11.0 Å². The maximum absolute atomic E-state index is 12.1. The van der Waals surface area contributed by atoms with Crippen LogP contribution in [0.15, 0.2) is 27.8 Å². The minimum absolute atomic E-state index is 0.141. The number of carbonyl (C=O) groups is 1. The minimum atomic E-state index is -0.701. The van der Waals surface area contributed by atoms with Gasteiger partial charge in [0.05, 0.1) is 0 Å². The molecule has 0 unspecified atom stereocenters. The van der Waals surface area contributed by atoms with Crippen LogP contribution in [0.1, 0.15) is 13.8 Å². The Kier molecular flexibility index (Phi) is 4.24. The van der Waals surface area contributed by atoms with Crippen molar-refractivity contribution in [2.75, 3.05) is 13.1 Å². The first-order valence-corrected chi connectivity index (χ1v) is 6.29. The van der Waals surface area contributed by atoms with Crippen molar-refractivity contribution in [1.82, 2.24) is 24.6 Å². The summed E-state index contributed by atoms with van der Waals surface area (Å²) in [6.07, 6.45) is 3.05. The second-order valence-corrected chi connectivity index (χ2v) is 4.00. The molecule has 0 aliphatic rings. The summed E-state index contributed by atoms with van der Waals surface area (Å²) >= 11 is 0. The second kappa shape index (κ2) is 6.09. The molecule has 2 heterocycles. The molecule has 0 spiro atoms. The van der Waals surface area contributed by atoms with Crippen molar-refractivity contribution >= 4 is 5.91 Å². The van der Waals surface area contributed by atoms with Gasteiger partial charge in [-0.3, -0.25) is 9.32 Å². The fourth-order valence-corrected chi connectivity index (χ4v) is 1.79. The Balaban J connectivity index is 2.31. The first-order valence-electron chi connectivity index (χ1n) is 6.29. The van der Waals surface area contributed by atoms with E-state index in [4.69, 9.17) is 0 Å². The highest BCUT2D eigenvalue weighted by Gasteiger charge is 2.19. The highest BCUT2D eigenvalue weighted by Crippen LogP contribution is 2.09. The molecule has 0 bridgehead atoms. The van der Waals surface area contributed by atoms with E-state index in [1.165, 1.54) is 12.4 Å². The summed E-state index contributed by atoms with van der Waals surface area (Å²) in [4.78, 5) is 33.3. The maximum atomic E-state index is 12.1. The average Bonchev–Trinajstić information content (AvgIpc) is 2.82. The highest BCUT2D eigenvalue weighted by molar-refractivity contribution is 5.76. The smallest absolute Gasteiger partial charge is 0.342 e. The molecule has 0 aliphatic heterocycles. The first kappa shape index (κ1) is 13.9. The molecule has 0 radical (unpaired) electrons. The number of likely N-dealkylation sites (N-methyl/N-ethyl adjacent to an activating group) is 1. The largest absolute Gasteiger partial charge is 0.442 e. The summed E-state index contributed by atoms with van der Waals surface area (Å²) in [5, 5.41) is 3.63. The number of carbonyl (C=O) groups excluding carboxylic acids is 1. The number of amides is 1. The molecule has 0 saturated heterocycles. The van der Waals surface area contributed by atoms with Crippen LogP contribution >= 0.6 is 0 Å². The molecule has 0 fully saturated rings. The molecule has 0 N–H and O–H groups in total. The van der Waals surface area contributed by atoms with Crippen LogP contribution in [0.2, 0.25) is 0 Å². The van der Waals surface area contributed by atoms with Gasteiger partial charge in [0, 0.05) is 25.5 Å². The van der Waals surface area contributed by atoms with Crippen molar-refractivity contribution in [3.05, 3.63) is 29.0 Å². The van der Waals surface area contributed by atoms with Crippen LogP contribution in [0, 0.1) is 0 Å². The van der Waals surface area contributed by atoms with Crippen molar-refractivity contribution in [3.8, 4) is 11.6 Å². The lowest BCUT2D eigenvalue weighted by Gasteiger charge is -2.18. The Morgan fingerprint density at radius 3 is 2.55 bits per heavy atom. The fraction of sp³-hybridized carbons (Fsp3) is 0.417. The van der Waals surface area contributed by atoms with Crippen LogP contribution in [0.4, 0.5) is 0 Å². The Hall–Kier alpha value is -2.51. The molecule has 1 amide bonds. The van der Waals surface area contributed by atoms with E-state index in [-0.39, 0.29) is 24.1 Å². The zero-order valence-electron chi connectivity index (χ0n) is 11.3. The van der Waals surface area contributed by atoms with Gasteiger partial charge in [-0.2, -0.15) is 0 Å². The highest BCUT2D eigenvalue weighted by atomic mass is 16.5. The molecule has 0 aliphatic carbocycles. The Bertz CT molecular complexity index is 630. The minimum Gasteiger partial charge on any atom is -0.342 e. The molecular weight excluding hydrogens is 262 g/mol. The van der Waals surface area contributed by atoms with Crippen LogP contribution < -0.4 is 5.76 Å². The number of aromatic nitrogens is 4. The van der Waals surface area contributed by atoms with Crippen LogP contribution in [-0.2, 0) is 11.3 Å². The maximum Gasteiger partial charge on any atom is 0.442 e. The summed E-state index contributed by atoms with van der Waals surface area (Å²) in [6.45, 7) is 4.76. The van der Waals surface area contributed by atoms with Gasteiger partial charge >= 0.3 is 5.76 Å². The van der Waals surface area contributed by atoms with Gasteiger partial charge < -0.3 is 4.90 Å². The Labute approximate surface area is 115 Å². The third kappa shape index (κ3) is 2.73. The first-order chi connectivity index (χ1) is 9.67. The van der Waals surface area contributed by atoms with Gasteiger partial charge in [0.2, 0.25) is 11.7 Å². The third-order valence-corrected chi connectivity index (χ3v) is 2.86. The van der Waals surface area contributed by atoms with Crippen molar-refractivity contribution < 1.29 is 9.32 Å². The van der Waals surface area contributed by atoms with E-state index >= 15 is 0 Å². The molecule has 0 atom stereocenters. The molecule has 2 rings (SSSR count). The van der Waals surface area contributed by atoms with Gasteiger partial charge in [0.1, 0.15) is 6.54 Å². The Morgan fingerprint density at radius 2 is 1.95 bits per heavy atom. The van der Waals surface area contributed by atoms with Crippen LogP contribution in [-0.4, -0.2) is 43.6 Å². The number of hydrogen-bond donors (Lipinski definition) is 0. The molecule has 0 saturated carbocycles. The van der Waals surface area contributed by atoms with Crippen molar-refractivity contribution in [1.29, 1.82) is 0 Å². The van der Waals surface area contributed by atoms with Gasteiger partial charge in [-0.1, -0.05) is 5.16 Å². The summed E-state index contributed by atoms with van der Waals surface area (Å²) in [5.41, 5.74) is 0. The van der Waals surface area contributed by atoms with Gasteiger partial charge in [0.25, 0.3) is 0 Å². The van der Waals surface area contributed by atoms with Gasteiger partial charge in [-0.25, -0.2) is 19.3 Å². The van der Waals surface area contributed by atoms with Crippen molar-refractivity contribution in [2.45, 2.75) is 20.4 Å². The zero-order chi connectivity index (χ0) is 14.5. The van der Waals surface area contributed by atoms with Crippen molar-refractivity contribution in [3.63, 3.8) is 0 Å². The lowest BCUT2D eigenvalue weighted by atomic mass is 10.4. The van der Waals surface area contributed by atoms with E-state index < -0.39 is 5.76 Å². The molecule has 8 nitrogen and oxygen atoms in total. The molecule has 106 valence electrons. The third-order valence-electron chi connectivity index (χ3n) is 2.86. The topological polar surface area (TPSA) is 94.1 Å². The van der Waals surface area contributed by atoms with Gasteiger partial charge in [-0.05, 0) is 19.9 Å². The second-order valence-electron chi connectivity index (χ2n) is 4.00. The van der Waals surface area contributed by atoms with Crippen LogP contribution in [0.5, 0.6) is 0 Å². The number of hydrogen-bond acceptors (Lipinski definition) is 6. The quantitative estimate of drug-likeness (QED) is 0.772. The summed E-state index contributed by atoms with van der Waals surface area (Å²) < 4.78 is 5.74. The monoisotopic (exact) mass is 277 g/mol. The van der Waals surface area contributed by atoms with Crippen LogP contribution in [0.25, 0.3) is 11.6 Å². The summed E-state index contributed by atoms with van der Waals surface area (Å²) in [5.74, 6) is -0.493. The molecule has 2 aromatic heterocycles. The molecule has 0 aromatic carbocycles. The summed E-state index contributed by atoms with van der Waals surface area (Å²) in [6, 6.07) is 1.65. The number of rotatable bonds is 5. The molecule has 2 aromatic rings. The predicted octanol–water partition coefficient (Wildman–Crippen LogP) is 0.162. The summed E-state index contributed by atoms with van der Waals surface area (Å²) in [7, 11) is 0. The van der Waals surface area contributed by atoms with E-state index in [9.17, 15) is 9.59 Å². The van der Waals surface area contributed by atoms with E-state index in [1.807, 2.05) is 13.8 Å². The SMILES string of the molecule is CCN(CC)C(=O)Cn1c(-c2ncccn2)noc1=O. The van der Waals surface area contributed by atoms with E-state index in [0.717, 1.165) is 4.57 Å². The van der Waals surface area contributed by atoms with Gasteiger partial charge in [-0.15, -0.1) is 0 Å². The van der Waals surface area contributed by atoms with Crippen LogP contribution in [0.3, 0.4) is 0 Å². The lowest BCUT2D eigenvalue weighted by Crippen LogP contribution is -2.35. The molecule has 8 heteroatoms. The Morgan fingerprint density at radius 1 is 1.30 bits per heavy atom. The lowest BCUT2D eigenvalue weighted by molar-refractivity contribution is -0.131. The standard InChI is InChI=1S/C12H15N5O3/c1-3-16(4-2)9(18)8-17-11(15-20-12(17)19)10-13-6-5-7-14-10/h5-7H,3-4,8H2,1-2H3.